The average Bonchev–Trinajstić information content (AvgIpc) is 2.39. The molecule has 0 saturated carbocycles. The SMILES string of the molecule is CN1C(=O)C(=Cc2cccc(O)c2)C(=O)N(C)C1=O. The summed E-state index contributed by atoms with van der Waals surface area (Å²) in [5.41, 5.74) is 0.392. The van der Waals surface area contributed by atoms with Gasteiger partial charge in [-0.25, -0.2) is 4.79 Å². The summed E-state index contributed by atoms with van der Waals surface area (Å²) in [5, 5.41) is 9.35. The predicted octanol–water partition coefficient (Wildman–Crippen LogP) is 0.826. The van der Waals surface area contributed by atoms with Crippen LogP contribution in [0.2, 0.25) is 0 Å². The van der Waals surface area contributed by atoms with Crippen LogP contribution in [0.25, 0.3) is 6.08 Å². The fourth-order valence-electron chi connectivity index (χ4n) is 1.76. The predicted molar refractivity (Wildman–Crippen MR) is 67.0 cm³/mol. The van der Waals surface area contributed by atoms with Gasteiger partial charge in [0.2, 0.25) is 0 Å². The van der Waals surface area contributed by atoms with E-state index in [2.05, 4.69) is 0 Å². The number of barbiturate groups is 1. The van der Waals surface area contributed by atoms with E-state index in [4.69, 9.17) is 0 Å². The first-order chi connectivity index (χ1) is 8.91. The van der Waals surface area contributed by atoms with Crippen molar-refractivity contribution < 1.29 is 19.5 Å². The topological polar surface area (TPSA) is 77.9 Å². The Hall–Kier alpha value is -2.63. The molecule has 1 heterocycles. The number of imide groups is 2. The minimum atomic E-state index is -0.664. The molecule has 0 bridgehead atoms. The zero-order valence-electron chi connectivity index (χ0n) is 10.5. The number of aromatic hydroxyl groups is 1. The first-order valence-corrected chi connectivity index (χ1v) is 5.52. The third kappa shape index (κ3) is 2.20. The van der Waals surface area contributed by atoms with E-state index in [1.807, 2.05) is 0 Å². The van der Waals surface area contributed by atoms with Crippen LogP contribution in [0.1, 0.15) is 5.56 Å². The Morgan fingerprint density at radius 1 is 1.05 bits per heavy atom. The lowest BCUT2D eigenvalue weighted by Gasteiger charge is -2.28. The summed E-state index contributed by atoms with van der Waals surface area (Å²) in [6.45, 7) is 0. The van der Waals surface area contributed by atoms with Gasteiger partial charge in [-0.1, -0.05) is 12.1 Å². The van der Waals surface area contributed by atoms with E-state index in [0.717, 1.165) is 9.80 Å². The summed E-state index contributed by atoms with van der Waals surface area (Å²) in [6, 6.07) is 5.48. The molecule has 1 aliphatic rings. The highest BCUT2D eigenvalue weighted by Crippen LogP contribution is 2.19. The van der Waals surface area contributed by atoms with Gasteiger partial charge in [0.15, 0.2) is 0 Å². The van der Waals surface area contributed by atoms with Crippen LogP contribution in [0.15, 0.2) is 29.8 Å². The molecule has 1 aromatic rings. The van der Waals surface area contributed by atoms with Gasteiger partial charge in [-0.05, 0) is 23.8 Å². The Bertz CT molecular complexity index is 580. The fraction of sp³-hybridized carbons (Fsp3) is 0.154. The summed E-state index contributed by atoms with van der Waals surface area (Å²) in [7, 11) is 2.62. The Balaban J connectivity index is 2.45. The van der Waals surface area contributed by atoms with Crippen LogP contribution < -0.4 is 0 Å². The van der Waals surface area contributed by atoms with E-state index in [0.29, 0.717) is 5.56 Å². The second kappa shape index (κ2) is 4.56. The number of amides is 4. The molecule has 0 atom stereocenters. The lowest BCUT2D eigenvalue weighted by atomic mass is 10.1. The monoisotopic (exact) mass is 260 g/mol. The standard InChI is InChI=1S/C13H12N2O4/c1-14-11(17)10(12(18)15(2)13(14)19)7-8-4-3-5-9(16)6-8/h3-7,16H,1-2H3. The van der Waals surface area contributed by atoms with E-state index >= 15 is 0 Å². The molecule has 4 amide bonds. The van der Waals surface area contributed by atoms with Crippen molar-refractivity contribution >= 4 is 23.9 Å². The fourth-order valence-corrected chi connectivity index (χ4v) is 1.76. The molecule has 6 nitrogen and oxygen atoms in total. The van der Waals surface area contributed by atoms with Crippen LogP contribution in [0.5, 0.6) is 5.75 Å². The van der Waals surface area contributed by atoms with Crippen molar-refractivity contribution in [3.8, 4) is 5.75 Å². The van der Waals surface area contributed by atoms with Crippen LogP contribution in [-0.4, -0.2) is 46.8 Å². The molecular weight excluding hydrogens is 248 g/mol. The molecule has 1 fully saturated rings. The number of phenols is 1. The highest BCUT2D eigenvalue weighted by molar-refractivity contribution is 6.30. The molecular formula is C13H12N2O4. The highest BCUT2D eigenvalue weighted by atomic mass is 16.3. The van der Waals surface area contributed by atoms with Gasteiger partial charge in [0, 0.05) is 14.1 Å². The molecule has 0 aromatic heterocycles. The molecule has 1 aromatic carbocycles. The molecule has 2 rings (SSSR count). The van der Waals surface area contributed by atoms with E-state index in [9.17, 15) is 19.5 Å². The van der Waals surface area contributed by atoms with E-state index in [-0.39, 0.29) is 11.3 Å². The van der Waals surface area contributed by atoms with Crippen molar-refractivity contribution in [1.82, 2.24) is 9.80 Å². The van der Waals surface area contributed by atoms with Gasteiger partial charge in [-0.3, -0.25) is 19.4 Å². The van der Waals surface area contributed by atoms with E-state index in [1.54, 1.807) is 12.1 Å². The maximum Gasteiger partial charge on any atom is 0.333 e. The van der Waals surface area contributed by atoms with Crippen LogP contribution in [0, 0.1) is 0 Å². The lowest BCUT2D eigenvalue weighted by molar-refractivity contribution is -0.134. The summed E-state index contributed by atoms with van der Waals surface area (Å²) < 4.78 is 0. The number of benzene rings is 1. The Labute approximate surface area is 109 Å². The molecule has 0 unspecified atom stereocenters. The average molecular weight is 260 g/mol. The first kappa shape index (κ1) is 12.8. The van der Waals surface area contributed by atoms with Crippen molar-refractivity contribution in [2.45, 2.75) is 0 Å². The van der Waals surface area contributed by atoms with Crippen molar-refractivity contribution in [2.24, 2.45) is 0 Å². The number of carbonyl (C=O) groups is 3. The van der Waals surface area contributed by atoms with Crippen LogP contribution in [0.3, 0.4) is 0 Å². The number of phenolic OH excluding ortho intramolecular Hbond substituents is 1. The van der Waals surface area contributed by atoms with Crippen molar-refractivity contribution in [1.29, 1.82) is 0 Å². The van der Waals surface area contributed by atoms with Crippen LogP contribution in [0.4, 0.5) is 4.79 Å². The molecule has 0 radical (unpaired) electrons. The van der Waals surface area contributed by atoms with Gasteiger partial charge in [0.25, 0.3) is 11.8 Å². The number of likely N-dealkylation sites (N-methyl/N-ethyl adjacent to an activating group) is 2. The summed E-state index contributed by atoms with van der Waals surface area (Å²) in [4.78, 5) is 37.1. The van der Waals surface area contributed by atoms with Gasteiger partial charge in [0.05, 0.1) is 0 Å². The maximum atomic E-state index is 11.9. The molecule has 0 aliphatic carbocycles. The van der Waals surface area contributed by atoms with Gasteiger partial charge in [-0.15, -0.1) is 0 Å². The zero-order valence-corrected chi connectivity index (χ0v) is 10.5. The molecule has 1 saturated heterocycles. The smallest absolute Gasteiger partial charge is 0.333 e. The molecule has 1 N–H and O–H groups in total. The first-order valence-electron chi connectivity index (χ1n) is 5.52. The number of hydrogen-bond acceptors (Lipinski definition) is 4. The summed E-state index contributed by atoms with van der Waals surface area (Å²) >= 11 is 0. The van der Waals surface area contributed by atoms with Gasteiger partial charge >= 0.3 is 6.03 Å². The van der Waals surface area contributed by atoms with Crippen molar-refractivity contribution in [2.75, 3.05) is 14.1 Å². The van der Waals surface area contributed by atoms with Gasteiger partial charge in [-0.2, -0.15) is 0 Å². The normalized spacial score (nSPS) is 16.1. The largest absolute Gasteiger partial charge is 0.508 e. The zero-order chi connectivity index (χ0) is 14.2. The molecule has 1 aliphatic heterocycles. The van der Waals surface area contributed by atoms with Gasteiger partial charge < -0.3 is 5.11 Å². The number of urea groups is 1. The number of rotatable bonds is 1. The maximum absolute atomic E-state index is 11.9. The minimum Gasteiger partial charge on any atom is -0.508 e. The Morgan fingerprint density at radius 2 is 1.63 bits per heavy atom. The Kier molecular flexibility index (Phi) is 3.08. The van der Waals surface area contributed by atoms with Crippen LogP contribution in [-0.2, 0) is 9.59 Å². The van der Waals surface area contributed by atoms with Crippen LogP contribution >= 0.6 is 0 Å². The molecule has 0 spiro atoms. The molecule has 98 valence electrons. The molecule has 19 heavy (non-hydrogen) atoms. The number of carbonyl (C=O) groups excluding carboxylic acids is 3. The van der Waals surface area contributed by atoms with Gasteiger partial charge in [0.1, 0.15) is 11.3 Å². The second-order valence-electron chi connectivity index (χ2n) is 4.16. The second-order valence-corrected chi connectivity index (χ2v) is 4.16. The third-order valence-electron chi connectivity index (χ3n) is 2.83. The minimum absolute atomic E-state index is 0.0304. The highest BCUT2D eigenvalue weighted by Gasteiger charge is 2.37. The molecule has 6 heteroatoms. The number of hydrogen-bond donors (Lipinski definition) is 1. The quantitative estimate of drug-likeness (QED) is 0.599. The third-order valence-corrected chi connectivity index (χ3v) is 2.83. The van der Waals surface area contributed by atoms with E-state index < -0.39 is 17.8 Å². The lowest BCUT2D eigenvalue weighted by Crippen LogP contribution is -2.52. The summed E-state index contributed by atoms with van der Waals surface area (Å²) in [6.07, 6.45) is 1.35. The summed E-state index contributed by atoms with van der Waals surface area (Å²) in [5.74, 6) is -1.28. The number of nitrogens with zero attached hydrogens (tertiary/aromatic N) is 2. The van der Waals surface area contributed by atoms with E-state index in [1.165, 1.54) is 32.3 Å². The Morgan fingerprint density at radius 3 is 2.16 bits per heavy atom. The van der Waals surface area contributed by atoms with Crippen molar-refractivity contribution in [3.05, 3.63) is 35.4 Å². The van der Waals surface area contributed by atoms with Crippen molar-refractivity contribution in [3.63, 3.8) is 0 Å².